The lowest BCUT2D eigenvalue weighted by molar-refractivity contribution is 0.0301. The van der Waals surface area contributed by atoms with E-state index >= 15 is 0 Å². The highest BCUT2D eigenvalue weighted by atomic mass is 32.2. The summed E-state index contributed by atoms with van der Waals surface area (Å²) in [6.45, 7) is 6.29. The fourth-order valence-corrected chi connectivity index (χ4v) is 6.18. The first-order valence-electron chi connectivity index (χ1n) is 13.0. The van der Waals surface area contributed by atoms with Crippen molar-refractivity contribution in [3.05, 3.63) is 64.6 Å². The maximum absolute atomic E-state index is 14.1. The number of carbonyl (C=O) groups excluding carboxylic acids is 1. The number of nitrogens with one attached hydrogen (secondary N) is 2. The molecule has 39 heavy (non-hydrogen) atoms. The SMILES string of the molecule is C[C@@H](O)[C@@H](NC(=O)OC(C)(C)C)N(Cc1ccccc1)S(=O)(=O)c1ccc2[nH]c(=O)n(OC3CCCC3)c2c1. The van der Waals surface area contributed by atoms with E-state index in [1.54, 1.807) is 51.1 Å². The Bertz CT molecular complexity index is 1450. The molecule has 1 saturated carbocycles. The highest BCUT2D eigenvalue weighted by Crippen LogP contribution is 2.26. The van der Waals surface area contributed by atoms with Crippen molar-refractivity contribution >= 4 is 27.1 Å². The summed E-state index contributed by atoms with van der Waals surface area (Å²) >= 11 is 0. The normalized spacial score (nSPS) is 16.4. The van der Waals surface area contributed by atoms with Gasteiger partial charge in [-0.15, -0.1) is 4.73 Å². The molecule has 1 fully saturated rings. The highest BCUT2D eigenvalue weighted by molar-refractivity contribution is 7.89. The van der Waals surface area contributed by atoms with E-state index < -0.39 is 39.7 Å². The molecule has 0 aliphatic heterocycles. The van der Waals surface area contributed by atoms with Crippen LogP contribution in [0.15, 0.2) is 58.2 Å². The standard InChI is InChI=1S/C27H36N4O7S/c1-18(32)24(29-26(34)37-27(2,3)4)30(17-19-10-6-5-7-11-19)39(35,36)21-14-15-22-23(16-21)31(25(33)28-22)38-20-12-8-9-13-20/h5-7,10-11,14-16,18,20,24,32H,8-9,12-13,17H2,1-4H3,(H,28,33)(H,29,34)/t18-,24+/m1/s1. The van der Waals surface area contributed by atoms with Gasteiger partial charge < -0.3 is 25.0 Å². The minimum Gasteiger partial charge on any atom is -0.444 e. The number of benzene rings is 2. The Balaban J connectivity index is 1.76. The lowest BCUT2D eigenvalue weighted by atomic mass is 10.2. The van der Waals surface area contributed by atoms with E-state index in [4.69, 9.17) is 9.57 Å². The zero-order valence-corrected chi connectivity index (χ0v) is 23.4. The van der Waals surface area contributed by atoms with Crippen LogP contribution in [-0.4, -0.2) is 57.6 Å². The number of hydrogen-bond acceptors (Lipinski definition) is 7. The van der Waals surface area contributed by atoms with Crippen LogP contribution in [0.5, 0.6) is 0 Å². The molecule has 4 rings (SSSR count). The van der Waals surface area contributed by atoms with E-state index in [9.17, 15) is 23.1 Å². The number of aliphatic hydroxyl groups excluding tert-OH is 1. The smallest absolute Gasteiger partial charge is 0.409 e. The van der Waals surface area contributed by atoms with Crippen LogP contribution in [-0.2, 0) is 21.3 Å². The third-order valence-electron chi connectivity index (χ3n) is 6.39. The number of carbonyl (C=O) groups is 1. The predicted octanol–water partition coefficient (Wildman–Crippen LogP) is 3.12. The second-order valence-electron chi connectivity index (χ2n) is 10.8. The number of amides is 1. The monoisotopic (exact) mass is 560 g/mol. The number of hydrogen-bond donors (Lipinski definition) is 3. The van der Waals surface area contributed by atoms with Gasteiger partial charge in [-0.3, -0.25) is 0 Å². The molecule has 3 aromatic rings. The lowest BCUT2D eigenvalue weighted by Crippen LogP contribution is -2.56. The maximum atomic E-state index is 14.1. The van der Waals surface area contributed by atoms with Crippen molar-refractivity contribution in [3.8, 4) is 0 Å². The first-order chi connectivity index (χ1) is 18.3. The number of alkyl carbamates (subject to hydrolysis) is 1. The molecule has 1 aromatic heterocycles. The summed E-state index contributed by atoms with van der Waals surface area (Å²) in [4.78, 5) is 33.8. The van der Waals surface area contributed by atoms with Gasteiger partial charge in [0, 0.05) is 6.54 Å². The van der Waals surface area contributed by atoms with Crippen LogP contribution < -0.4 is 15.8 Å². The molecule has 0 spiro atoms. The van der Waals surface area contributed by atoms with Crippen molar-refractivity contribution in [1.82, 2.24) is 19.3 Å². The van der Waals surface area contributed by atoms with Gasteiger partial charge in [-0.05, 0) is 77.1 Å². The summed E-state index contributed by atoms with van der Waals surface area (Å²) in [6.07, 6.45) is -0.0268. The van der Waals surface area contributed by atoms with Crippen molar-refractivity contribution < 1.29 is 27.9 Å². The molecule has 12 heteroatoms. The lowest BCUT2D eigenvalue weighted by Gasteiger charge is -2.34. The van der Waals surface area contributed by atoms with Gasteiger partial charge in [0.05, 0.1) is 16.5 Å². The molecule has 11 nitrogen and oxygen atoms in total. The molecule has 1 aliphatic rings. The van der Waals surface area contributed by atoms with Gasteiger partial charge in [0.2, 0.25) is 10.0 Å². The quantitative estimate of drug-likeness (QED) is 0.341. The zero-order chi connectivity index (χ0) is 28.4. The van der Waals surface area contributed by atoms with Crippen LogP contribution in [0.3, 0.4) is 0 Å². The minimum atomic E-state index is -4.34. The largest absolute Gasteiger partial charge is 0.444 e. The van der Waals surface area contributed by atoms with Gasteiger partial charge in [0.25, 0.3) is 0 Å². The van der Waals surface area contributed by atoms with E-state index in [2.05, 4.69) is 10.3 Å². The van der Waals surface area contributed by atoms with Gasteiger partial charge in [-0.25, -0.2) is 18.0 Å². The summed E-state index contributed by atoms with van der Waals surface area (Å²) in [5.74, 6) is 0. The number of aromatic nitrogens is 2. The van der Waals surface area contributed by atoms with Crippen molar-refractivity contribution in [1.29, 1.82) is 0 Å². The van der Waals surface area contributed by atoms with Crippen LogP contribution in [0.2, 0.25) is 0 Å². The second-order valence-corrected chi connectivity index (χ2v) is 12.7. The zero-order valence-electron chi connectivity index (χ0n) is 22.6. The van der Waals surface area contributed by atoms with E-state index in [-0.39, 0.29) is 23.1 Å². The Morgan fingerprint density at radius 2 is 1.85 bits per heavy atom. The van der Waals surface area contributed by atoms with Gasteiger partial charge in [0.1, 0.15) is 23.4 Å². The summed E-state index contributed by atoms with van der Waals surface area (Å²) in [7, 11) is -4.34. The van der Waals surface area contributed by atoms with Crippen LogP contribution in [0.1, 0.15) is 58.9 Å². The molecular weight excluding hydrogens is 524 g/mol. The number of aliphatic hydroxyl groups is 1. The molecule has 1 aliphatic carbocycles. The predicted molar refractivity (Wildman–Crippen MR) is 145 cm³/mol. The number of sulfonamides is 1. The average molecular weight is 561 g/mol. The van der Waals surface area contributed by atoms with Crippen LogP contribution in [0, 0.1) is 0 Å². The number of H-pyrrole nitrogens is 1. The summed E-state index contributed by atoms with van der Waals surface area (Å²) in [5, 5.41) is 13.2. The van der Waals surface area contributed by atoms with Crippen LogP contribution in [0.4, 0.5) is 4.79 Å². The fourth-order valence-electron chi connectivity index (χ4n) is 4.56. The van der Waals surface area contributed by atoms with Gasteiger partial charge in [-0.1, -0.05) is 30.3 Å². The van der Waals surface area contributed by atoms with E-state index in [1.165, 1.54) is 25.1 Å². The first-order valence-corrected chi connectivity index (χ1v) is 14.4. The molecule has 0 unspecified atom stereocenters. The summed E-state index contributed by atoms with van der Waals surface area (Å²) < 4.78 is 35.7. The molecule has 0 radical (unpaired) electrons. The van der Waals surface area contributed by atoms with E-state index in [0.717, 1.165) is 34.7 Å². The number of imidazole rings is 1. The molecular formula is C27H36N4O7S. The van der Waals surface area contributed by atoms with E-state index in [0.29, 0.717) is 11.1 Å². The number of fused-ring (bicyclic) bond motifs is 1. The fraction of sp³-hybridized carbons (Fsp3) is 0.481. The van der Waals surface area contributed by atoms with E-state index in [1.807, 2.05) is 0 Å². The van der Waals surface area contributed by atoms with Crippen molar-refractivity contribution in [3.63, 3.8) is 0 Å². The minimum absolute atomic E-state index is 0.130. The Kier molecular flexibility index (Phi) is 8.38. The first kappa shape index (κ1) is 28.7. The molecule has 2 atom stereocenters. The third kappa shape index (κ3) is 6.81. The number of aromatic amines is 1. The molecule has 1 heterocycles. The second kappa shape index (κ2) is 11.4. The topological polar surface area (TPSA) is 143 Å². The maximum Gasteiger partial charge on any atom is 0.409 e. The van der Waals surface area contributed by atoms with Crippen molar-refractivity contribution in [2.45, 2.75) is 88.8 Å². The summed E-state index contributed by atoms with van der Waals surface area (Å²) in [6, 6.07) is 13.1. The number of rotatable bonds is 9. The Morgan fingerprint density at radius 1 is 1.18 bits per heavy atom. The molecule has 0 saturated heterocycles. The molecule has 1 amide bonds. The van der Waals surface area contributed by atoms with Gasteiger partial charge in [-0.2, -0.15) is 4.31 Å². The van der Waals surface area contributed by atoms with Gasteiger partial charge >= 0.3 is 11.8 Å². The van der Waals surface area contributed by atoms with Crippen molar-refractivity contribution in [2.75, 3.05) is 0 Å². The highest BCUT2D eigenvalue weighted by Gasteiger charge is 2.37. The number of ether oxygens (including phenoxy) is 1. The number of nitrogens with zero attached hydrogens (tertiary/aromatic N) is 2. The van der Waals surface area contributed by atoms with Crippen LogP contribution >= 0.6 is 0 Å². The Hall–Kier alpha value is -3.35. The molecule has 0 bridgehead atoms. The van der Waals surface area contributed by atoms with Gasteiger partial charge in [0.15, 0.2) is 0 Å². The Morgan fingerprint density at radius 3 is 2.46 bits per heavy atom. The van der Waals surface area contributed by atoms with Crippen LogP contribution in [0.25, 0.3) is 11.0 Å². The molecule has 2 aromatic carbocycles. The average Bonchev–Trinajstić information content (AvgIpc) is 3.48. The van der Waals surface area contributed by atoms with Crippen molar-refractivity contribution in [2.24, 2.45) is 0 Å². The Labute approximate surface area is 227 Å². The third-order valence-corrected chi connectivity index (χ3v) is 8.21. The molecule has 3 N–H and O–H groups in total. The summed E-state index contributed by atoms with van der Waals surface area (Å²) in [5.41, 5.74) is 0.00784. The molecule has 212 valence electrons.